The third-order valence-corrected chi connectivity index (χ3v) is 4.72. The van der Waals surface area contributed by atoms with E-state index in [2.05, 4.69) is 21.4 Å². The zero-order chi connectivity index (χ0) is 20.4. The molecule has 0 fully saturated rings. The lowest BCUT2D eigenvalue weighted by Gasteiger charge is -2.29. The fourth-order valence-electron chi connectivity index (χ4n) is 3.27. The van der Waals surface area contributed by atoms with Crippen molar-refractivity contribution in [1.82, 2.24) is 9.97 Å². The number of anilines is 3. The minimum absolute atomic E-state index is 0.221. The molecule has 0 radical (unpaired) electrons. The summed E-state index contributed by atoms with van der Waals surface area (Å²) in [6.07, 6.45) is 0.397. The van der Waals surface area contributed by atoms with Crippen LogP contribution in [0.2, 0.25) is 0 Å². The second kappa shape index (κ2) is 7.54. The summed E-state index contributed by atoms with van der Waals surface area (Å²) in [5.74, 6) is 0.0126. The summed E-state index contributed by atoms with van der Waals surface area (Å²) in [4.78, 5) is 23.0. The molecule has 1 aliphatic heterocycles. The Balaban J connectivity index is 1.48. The fraction of sp³-hybridized carbons (Fsp3) is 0.190. The molecule has 5 nitrogen and oxygen atoms in total. The first-order chi connectivity index (χ1) is 13.9. The molecule has 0 atom stereocenters. The van der Waals surface area contributed by atoms with Gasteiger partial charge < -0.3 is 10.2 Å². The molecule has 1 amide bonds. The number of hydrogen-bond acceptors (Lipinski definition) is 4. The van der Waals surface area contributed by atoms with E-state index in [9.17, 15) is 18.0 Å². The van der Waals surface area contributed by atoms with E-state index in [1.54, 1.807) is 0 Å². The Bertz CT molecular complexity index is 1020. The highest BCUT2D eigenvalue weighted by atomic mass is 19.4. The standard InChI is InChI=1S/C21H17F3N4O/c22-21(23,24)16-7-9-17(10-8-16)27-19(29)15-12-25-20(26-13-15)28-11-3-5-14-4-1-2-6-18(14)28/h1-2,4,6-10,12-13H,3,5,11H2,(H,27,29). The number of alkyl halides is 3. The number of rotatable bonds is 3. The molecule has 1 N–H and O–H groups in total. The van der Waals surface area contributed by atoms with Gasteiger partial charge in [-0.1, -0.05) is 18.2 Å². The number of benzene rings is 2. The molecule has 1 aromatic heterocycles. The molecule has 0 saturated heterocycles. The van der Waals surface area contributed by atoms with E-state index in [4.69, 9.17) is 0 Å². The zero-order valence-electron chi connectivity index (χ0n) is 15.3. The number of hydrogen-bond donors (Lipinski definition) is 1. The minimum Gasteiger partial charge on any atom is -0.322 e. The van der Waals surface area contributed by atoms with Crippen molar-refractivity contribution < 1.29 is 18.0 Å². The number of nitrogens with one attached hydrogen (secondary N) is 1. The number of halogens is 3. The Morgan fingerprint density at radius 3 is 2.38 bits per heavy atom. The number of carbonyl (C=O) groups is 1. The van der Waals surface area contributed by atoms with Crippen LogP contribution >= 0.6 is 0 Å². The van der Waals surface area contributed by atoms with Crippen molar-refractivity contribution in [1.29, 1.82) is 0 Å². The van der Waals surface area contributed by atoms with Crippen molar-refractivity contribution in [3.63, 3.8) is 0 Å². The van der Waals surface area contributed by atoms with Gasteiger partial charge in [0.15, 0.2) is 0 Å². The molecule has 0 unspecified atom stereocenters. The number of fused-ring (bicyclic) bond motifs is 1. The first-order valence-electron chi connectivity index (χ1n) is 9.08. The first-order valence-corrected chi connectivity index (χ1v) is 9.08. The van der Waals surface area contributed by atoms with E-state index < -0.39 is 17.6 Å². The molecule has 1 aliphatic rings. The van der Waals surface area contributed by atoms with Crippen LogP contribution in [0.15, 0.2) is 60.9 Å². The van der Waals surface area contributed by atoms with Crippen LogP contribution in [0.1, 0.15) is 27.9 Å². The second-order valence-electron chi connectivity index (χ2n) is 6.68. The van der Waals surface area contributed by atoms with Crippen molar-refractivity contribution in [2.45, 2.75) is 19.0 Å². The second-order valence-corrected chi connectivity index (χ2v) is 6.68. The van der Waals surface area contributed by atoms with Crippen LogP contribution in [0.5, 0.6) is 0 Å². The first kappa shape index (κ1) is 18.9. The van der Waals surface area contributed by atoms with Crippen molar-refractivity contribution in [3.8, 4) is 0 Å². The van der Waals surface area contributed by atoms with Gasteiger partial charge in [-0.2, -0.15) is 13.2 Å². The quantitative estimate of drug-likeness (QED) is 0.687. The lowest BCUT2D eigenvalue weighted by molar-refractivity contribution is -0.137. The number of aryl methyl sites for hydroxylation is 1. The van der Waals surface area contributed by atoms with Crippen LogP contribution in [0.3, 0.4) is 0 Å². The summed E-state index contributed by atoms with van der Waals surface area (Å²) in [6.45, 7) is 0.786. The van der Waals surface area contributed by atoms with Crippen molar-refractivity contribution >= 4 is 23.2 Å². The predicted octanol–water partition coefficient (Wildman–Crippen LogP) is 4.83. The molecule has 3 aromatic rings. The summed E-state index contributed by atoms with van der Waals surface area (Å²) in [6, 6.07) is 12.3. The van der Waals surface area contributed by atoms with Gasteiger partial charge in [0, 0.05) is 30.3 Å². The normalized spacial score (nSPS) is 13.7. The monoisotopic (exact) mass is 398 g/mol. The Morgan fingerprint density at radius 1 is 1.00 bits per heavy atom. The molecule has 0 spiro atoms. The van der Waals surface area contributed by atoms with Gasteiger partial charge in [0.25, 0.3) is 5.91 Å². The van der Waals surface area contributed by atoms with Crippen LogP contribution in [-0.4, -0.2) is 22.4 Å². The van der Waals surface area contributed by atoms with E-state index in [1.165, 1.54) is 30.1 Å². The number of nitrogens with zero attached hydrogens (tertiary/aromatic N) is 3. The van der Waals surface area contributed by atoms with E-state index >= 15 is 0 Å². The molecular weight excluding hydrogens is 381 g/mol. The largest absolute Gasteiger partial charge is 0.416 e. The lowest BCUT2D eigenvalue weighted by atomic mass is 10.0. The molecular formula is C21H17F3N4O. The Labute approximate surface area is 165 Å². The van der Waals surface area contributed by atoms with Crippen molar-refractivity contribution in [2.24, 2.45) is 0 Å². The van der Waals surface area contributed by atoms with Gasteiger partial charge in [-0.25, -0.2) is 9.97 Å². The summed E-state index contributed by atoms with van der Waals surface area (Å²) in [5, 5.41) is 2.55. The molecule has 4 rings (SSSR count). The predicted molar refractivity (Wildman–Crippen MR) is 103 cm³/mol. The third-order valence-electron chi connectivity index (χ3n) is 4.72. The smallest absolute Gasteiger partial charge is 0.322 e. The van der Waals surface area contributed by atoms with Gasteiger partial charge in [-0.15, -0.1) is 0 Å². The maximum Gasteiger partial charge on any atom is 0.416 e. The van der Waals surface area contributed by atoms with Crippen LogP contribution in [-0.2, 0) is 12.6 Å². The number of aromatic nitrogens is 2. The van der Waals surface area contributed by atoms with Crippen molar-refractivity contribution in [2.75, 3.05) is 16.8 Å². The zero-order valence-corrected chi connectivity index (χ0v) is 15.3. The maximum absolute atomic E-state index is 12.6. The fourth-order valence-corrected chi connectivity index (χ4v) is 3.27. The van der Waals surface area contributed by atoms with Gasteiger partial charge >= 0.3 is 6.18 Å². The third kappa shape index (κ3) is 4.06. The number of amides is 1. The maximum atomic E-state index is 12.6. The highest BCUT2D eigenvalue weighted by Gasteiger charge is 2.30. The highest BCUT2D eigenvalue weighted by Crippen LogP contribution is 2.31. The van der Waals surface area contributed by atoms with Crippen molar-refractivity contribution in [3.05, 3.63) is 77.6 Å². The van der Waals surface area contributed by atoms with E-state index in [-0.39, 0.29) is 11.3 Å². The Hall–Kier alpha value is -3.42. The molecule has 0 saturated carbocycles. The van der Waals surface area contributed by atoms with Crippen LogP contribution in [0, 0.1) is 0 Å². The molecule has 0 aliphatic carbocycles. The van der Waals surface area contributed by atoms with Gasteiger partial charge in [0.1, 0.15) is 0 Å². The van der Waals surface area contributed by atoms with Crippen LogP contribution in [0.25, 0.3) is 0 Å². The van der Waals surface area contributed by atoms with Crippen LogP contribution < -0.4 is 10.2 Å². The van der Waals surface area contributed by atoms with E-state index in [0.717, 1.165) is 37.2 Å². The summed E-state index contributed by atoms with van der Waals surface area (Å²) in [5.41, 5.74) is 1.99. The average molecular weight is 398 g/mol. The van der Waals surface area contributed by atoms with Crippen LogP contribution in [0.4, 0.5) is 30.5 Å². The topological polar surface area (TPSA) is 58.1 Å². The molecule has 29 heavy (non-hydrogen) atoms. The van der Waals surface area contributed by atoms with E-state index in [0.29, 0.717) is 5.95 Å². The molecule has 2 aromatic carbocycles. The summed E-state index contributed by atoms with van der Waals surface area (Å²) < 4.78 is 37.9. The molecule has 0 bridgehead atoms. The number of carbonyl (C=O) groups excluding carboxylic acids is 1. The number of para-hydroxylation sites is 1. The van der Waals surface area contributed by atoms with Gasteiger partial charge in [0.05, 0.1) is 11.1 Å². The van der Waals surface area contributed by atoms with Gasteiger partial charge in [0.2, 0.25) is 5.95 Å². The molecule has 148 valence electrons. The van der Waals surface area contributed by atoms with Gasteiger partial charge in [-0.3, -0.25) is 4.79 Å². The Kier molecular flexibility index (Phi) is 4.92. The minimum atomic E-state index is -4.42. The Morgan fingerprint density at radius 2 is 1.69 bits per heavy atom. The van der Waals surface area contributed by atoms with Gasteiger partial charge in [-0.05, 0) is 48.7 Å². The molecule has 8 heteroatoms. The highest BCUT2D eigenvalue weighted by molar-refractivity contribution is 6.03. The average Bonchev–Trinajstić information content (AvgIpc) is 2.73. The molecule has 2 heterocycles. The van der Waals surface area contributed by atoms with E-state index in [1.807, 2.05) is 23.1 Å². The summed E-state index contributed by atoms with van der Waals surface area (Å²) in [7, 11) is 0. The SMILES string of the molecule is O=C(Nc1ccc(C(F)(F)F)cc1)c1cnc(N2CCCc3ccccc32)nc1. The lowest BCUT2D eigenvalue weighted by Crippen LogP contribution is -2.26. The summed E-state index contributed by atoms with van der Waals surface area (Å²) >= 11 is 0.